The minimum atomic E-state index is -0.215. The molecular weight excluding hydrogens is 430 g/mol. The normalized spacial score (nSPS) is 11.3. The van der Waals surface area contributed by atoms with Gasteiger partial charge >= 0.3 is 0 Å². The fourth-order valence-corrected chi connectivity index (χ4v) is 4.34. The highest BCUT2D eigenvalue weighted by atomic mass is 15.0. The Bertz CT molecular complexity index is 1540. The summed E-state index contributed by atoms with van der Waals surface area (Å²) in [6.45, 7) is 15.6. The largest absolute Gasteiger partial charge is 0.340 e. The van der Waals surface area contributed by atoms with Crippen LogP contribution < -0.4 is 0 Å². The Morgan fingerprint density at radius 2 is 1.37 bits per heavy atom. The molecule has 5 heteroatoms. The van der Waals surface area contributed by atoms with Gasteiger partial charge in [0, 0.05) is 34.0 Å². The fraction of sp³-hybridized carbons (Fsp3) is 0.333. The van der Waals surface area contributed by atoms with Gasteiger partial charge in [0.05, 0.1) is 5.52 Å². The molecule has 1 heterocycles. The minimum Gasteiger partial charge on any atom is -0.340 e. The van der Waals surface area contributed by atoms with E-state index in [9.17, 15) is 21.0 Å². The molecule has 2 aromatic carbocycles. The molecule has 0 atom stereocenters. The van der Waals surface area contributed by atoms with E-state index in [-0.39, 0.29) is 27.5 Å². The molecule has 3 aromatic rings. The molecule has 0 bridgehead atoms. The van der Waals surface area contributed by atoms with Crippen molar-refractivity contribution in [1.82, 2.24) is 4.57 Å². The van der Waals surface area contributed by atoms with Crippen LogP contribution >= 0.6 is 0 Å². The van der Waals surface area contributed by atoms with Crippen LogP contribution in [0.3, 0.4) is 0 Å². The Morgan fingerprint density at radius 3 is 1.86 bits per heavy atom. The fourth-order valence-electron chi connectivity index (χ4n) is 4.34. The van der Waals surface area contributed by atoms with E-state index in [1.807, 2.05) is 30.3 Å². The molecule has 0 aliphatic carbocycles. The highest BCUT2D eigenvalue weighted by Gasteiger charge is 2.24. The molecule has 0 saturated carbocycles. The first-order valence-corrected chi connectivity index (χ1v) is 11.6. The lowest BCUT2D eigenvalue weighted by Gasteiger charge is -2.22. The maximum Gasteiger partial charge on any atom is 0.137 e. The van der Waals surface area contributed by atoms with E-state index >= 15 is 0 Å². The van der Waals surface area contributed by atoms with Gasteiger partial charge in [-0.2, -0.15) is 21.0 Å². The molecule has 0 spiro atoms. The lowest BCUT2D eigenvalue weighted by Crippen LogP contribution is -2.12. The third-order valence-corrected chi connectivity index (χ3v) is 6.32. The summed E-state index contributed by atoms with van der Waals surface area (Å²) in [6.07, 6.45) is 1.36. The van der Waals surface area contributed by atoms with Crippen LogP contribution in [0, 0.1) is 45.3 Å². The maximum atomic E-state index is 9.78. The van der Waals surface area contributed by atoms with Crippen molar-refractivity contribution in [2.24, 2.45) is 0 Å². The summed E-state index contributed by atoms with van der Waals surface area (Å²) in [6, 6.07) is 18.4. The van der Waals surface area contributed by atoms with E-state index in [0.717, 1.165) is 27.4 Å². The number of hydrogen-bond donors (Lipinski definition) is 0. The lowest BCUT2D eigenvalue weighted by atomic mass is 9.82. The average molecular weight is 460 g/mol. The number of fused-ring (bicyclic) bond motifs is 3. The summed E-state index contributed by atoms with van der Waals surface area (Å²) in [4.78, 5) is 0. The van der Waals surface area contributed by atoms with Crippen LogP contribution in [0.1, 0.15) is 65.2 Å². The van der Waals surface area contributed by atoms with E-state index in [1.54, 1.807) is 0 Å². The molecule has 5 nitrogen and oxygen atoms in total. The molecule has 0 N–H and O–H groups in total. The second kappa shape index (κ2) is 9.14. The monoisotopic (exact) mass is 459 g/mol. The number of rotatable bonds is 3. The molecule has 0 aliphatic heterocycles. The Kier molecular flexibility index (Phi) is 6.61. The van der Waals surface area contributed by atoms with Gasteiger partial charge in [-0.05, 0) is 59.2 Å². The predicted molar refractivity (Wildman–Crippen MR) is 140 cm³/mol. The number of nitrogens with zero attached hydrogens (tertiary/aromatic N) is 5. The number of nitriles is 4. The zero-order valence-electron chi connectivity index (χ0n) is 21.4. The summed E-state index contributed by atoms with van der Waals surface area (Å²) < 4.78 is 2.18. The van der Waals surface area contributed by atoms with Crippen molar-refractivity contribution in [3.63, 3.8) is 0 Å². The van der Waals surface area contributed by atoms with Crippen molar-refractivity contribution in [2.45, 2.75) is 65.8 Å². The summed E-state index contributed by atoms with van der Waals surface area (Å²) >= 11 is 0. The van der Waals surface area contributed by atoms with Gasteiger partial charge in [0.15, 0.2) is 0 Å². The Morgan fingerprint density at radius 1 is 0.800 bits per heavy atom. The van der Waals surface area contributed by atoms with Crippen LogP contribution in [-0.2, 0) is 17.4 Å². The average Bonchev–Trinajstić information content (AvgIpc) is 3.13. The first-order valence-electron chi connectivity index (χ1n) is 11.6. The third-order valence-electron chi connectivity index (χ3n) is 6.32. The van der Waals surface area contributed by atoms with Gasteiger partial charge in [-0.3, -0.25) is 0 Å². The third kappa shape index (κ3) is 4.55. The molecule has 0 radical (unpaired) electrons. The predicted octanol–water partition coefficient (Wildman–Crippen LogP) is 7.18. The molecule has 0 saturated heterocycles. The SMILES string of the molecule is CCn1c2ccc(C(C)(C)C)cc2c2cc(C(C)(C)C)cc(C(C=C(C#N)C#N)=C(C#N)C#N)c21. The topological polar surface area (TPSA) is 100 Å². The smallest absolute Gasteiger partial charge is 0.137 e. The van der Waals surface area contributed by atoms with Crippen molar-refractivity contribution in [1.29, 1.82) is 21.0 Å². The van der Waals surface area contributed by atoms with Crippen molar-refractivity contribution in [2.75, 3.05) is 0 Å². The molecular formula is C30H29N5. The number of allylic oxidation sites excluding steroid dienone is 4. The first-order chi connectivity index (χ1) is 16.4. The molecule has 1 aromatic heterocycles. The van der Waals surface area contributed by atoms with Gasteiger partial charge in [-0.15, -0.1) is 0 Å². The van der Waals surface area contributed by atoms with Crippen molar-refractivity contribution >= 4 is 27.4 Å². The van der Waals surface area contributed by atoms with E-state index in [4.69, 9.17) is 0 Å². The number of benzene rings is 2. The summed E-state index contributed by atoms with van der Waals surface area (Å²) in [5.41, 5.74) is 4.60. The highest BCUT2D eigenvalue weighted by Crippen LogP contribution is 2.40. The quantitative estimate of drug-likeness (QED) is 0.306. The molecule has 0 aliphatic rings. The minimum absolute atomic E-state index is 0.0314. The lowest BCUT2D eigenvalue weighted by molar-refractivity contribution is 0.590. The molecule has 0 amide bonds. The van der Waals surface area contributed by atoms with Crippen LogP contribution in [0.15, 0.2) is 47.6 Å². The van der Waals surface area contributed by atoms with Crippen LogP contribution in [0.5, 0.6) is 0 Å². The zero-order chi connectivity index (χ0) is 26.1. The maximum absolute atomic E-state index is 9.78. The van der Waals surface area contributed by atoms with E-state index < -0.39 is 0 Å². The standard InChI is InChI=1S/C30H29N5/c1-8-35-27-10-9-21(29(2,3)4)12-24(27)26-14-22(30(5,6)7)13-25(28(26)35)23(20(17-33)18-34)11-19(15-31)16-32/h9-14H,8H2,1-7H3. The summed E-state index contributed by atoms with van der Waals surface area (Å²) in [5.74, 6) is 0. The second-order valence-corrected chi connectivity index (χ2v) is 10.7. The molecule has 174 valence electrons. The van der Waals surface area contributed by atoms with Crippen LogP contribution in [0.25, 0.3) is 27.4 Å². The second-order valence-electron chi connectivity index (χ2n) is 10.7. The van der Waals surface area contributed by atoms with Crippen LogP contribution in [-0.4, -0.2) is 4.57 Å². The zero-order valence-corrected chi connectivity index (χ0v) is 21.4. The Balaban J connectivity index is 2.68. The summed E-state index contributed by atoms with van der Waals surface area (Å²) in [7, 11) is 0. The van der Waals surface area contributed by atoms with Crippen LogP contribution in [0.2, 0.25) is 0 Å². The Hall–Kier alpha value is -4.32. The number of aromatic nitrogens is 1. The van der Waals surface area contributed by atoms with E-state index in [1.165, 1.54) is 11.6 Å². The molecule has 35 heavy (non-hydrogen) atoms. The van der Waals surface area contributed by atoms with Gasteiger partial charge in [-0.1, -0.05) is 47.6 Å². The van der Waals surface area contributed by atoms with Crippen molar-refractivity contribution < 1.29 is 0 Å². The Labute approximate surface area is 207 Å². The molecule has 3 rings (SSSR count). The number of aryl methyl sites for hydroxylation is 1. The van der Waals surface area contributed by atoms with Gasteiger partial charge in [0.1, 0.15) is 35.4 Å². The van der Waals surface area contributed by atoms with Gasteiger partial charge in [0.25, 0.3) is 0 Å². The number of hydrogen-bond acceptors (Lipinski definition) is 4. The van der Waals surface area contributed by atoms with Gasteiger partial charge < -0.3 is 4.57 Å². The van der Waals surface area contributed by atoms with E-state index in [0.29, 0.717) is 12.1 Å². The van der Waals surface area contributed by atoms with Crippen LogP contribution in [0.4, 0.5) is 0 Å². The summed E-state index contributed by atoms with van der Waals surface area (Å²) in [5, 5.41) is 40.5. The highest BCUT2D eigenvalue weighted by molar-refractivity contribution is 6.13. The van der Waals surface area contributed by atoms with Crippen molar-refractivity contribution in [3.05, 3.63) is 64.2 Å². The first kappa shape index (κ1) is 25.3. The molecule has 0 fully saturated rings. The molecule has 0 unspecified atom stereocenters. The van der Waals surface area contributed by atoms with Crippen molar-refractivity contribution in [3.8, 4) is 24.3 Å². The van der Waals surface area contributed by atoms with Gasteiger partial charge in [-0.25, -0.2) is 0 Å². The van der Waals surface area contributed by atoms with Gasteiger partial charge in [0.2, 0.25) is 0 Å². The van der Waals surface area contributed by atoms with E-state index in [2.05, 4.69) is 77.3 Å².